The molecule has 0 spiro atoms. The molecular formula is C14H21N3O3. The fourth-order valence-corrected chi connectivity index (χ4v) is 1.39. The topological polar surface area (TPSA) is 93.5 Å². The summed E-state index contributed by atoms with van der Waals surface area (Å²) in [6.45, 7) is 3.82. The lowest BCUT2D eigenvalue weighted by Gasteiger charge is -2.13. The molecule has 1 rings (SSSR count). The van der Waals surface area contributed by atoms with E-state index in [0.717, 1.165) is 12.2 Å². The molecule has 0 saturated carbocycles. The fourth-order valence-electron chi connectivity index (χ4n) is 1.39. The van der Waals surface area contributed by atoms with Crippen LogP contribution in [0.4, 0.5) is 5.69 Å². The summed E-state index contributed by atoms with van der Waals surface area (Å²) >= 11 is 0. The van der Waals surface area contributed by atoms with Gasteiger partial charge in [0.1, 0.15) is 5.75 Å². The number of carbonyl (C=O) groups excluding carboxylic acids is 2. The van der Waals surface area contributed by atoms with Gasteiger partial charge in [0.15, 0.2) is 0 Å². The number of ether oxygens (including phenoxy) is 1. The highest BCUT2D eigenvalue weighted by molar-refractivity contribution is 5.94. The fraction of sp³-hybridized carbons (Fsp3) is 0.429. The summed E-state index contributed by atoms with van der Waals surface area (Å²) in [4.78, 5) is 22.5. The molecule has 1 unspecified atom stereocenters. The van der Waals surface area contributed by atoms with Gasteiger partial charge in [-0.3, -0.25) is 9.59 Å². The molecule has 20 heavy (non-hydrogen) atoms. The van der Waals surface area contributed by atoms with Crippen LogP contribution in [0.15, 0.2) is 24.3 Å². The number of benzene rings is 1. The number of hydrogen-bond acceptors (Lipinski definition) is 4. The lowest BCUT2D eigenvalue weighted by Crippen LogP contribution is -2.36. The number of hydrogen-bond donors (Lipinski definition) is 3. The van der Waals surface area contributed by atoms with Crippen LogP contribution in [0, 0.1) is 0 Å². The normalized spacial score (nSPS) is 11.6. The van der Waals surface area contributed by atoms with Gasteiger partial charge in [-0.1, -0.05) is 6.92 Å². The Balaban J connectivity index is 2.44. The van der Waals surface area contributed by atoms with E-state index in [2.05, 4.69) is 17.6 Å². The molecule has 6 nitrogen and oxygen atoms in total. The zero-order valence-corrected chi connectivity index (χ0v) is 11.8. The molecule has 6 heteroatoms. The average molecular weight is 279 g/mol. The van der Waals surface area contributed by atoms with Gasteiger partial charge in [0, 0.05) is 5.69 Å². The second-order valence-electron chi connectivity index (χ2n) is 4.39. The van der Waals surface area contributed by atoms with Crippen LogP contribution in [0.2, 0.25) is 0 Å². The van der Waals surface area contributed by atoms with E-state index in [1.54, 1.807) is 24.3 Å². The van der Waals surface area contributed by atoms with Crippen molar-refractivity contribution in [2.75, 3.05) is 18.4 Å². The summed E-state index contributed by atoms with van der Waals surface area (Å²) in [5, 5.41) is 5.06. The van der Waals surface area contributed by atoms with Crippen molar-refractivity contribution in [3.05, 3.63) is 24.3 Å². The van der Waals surface area contributed by atoms with Crippen molar-refractivity contribution in [2.24, 2.45) is 5.73 Å². The first-order valence-corrected chi connectivity index (χ1v) is 6.58. The zero-order chi connectivity index (χ0) is 15.0. The van der Waals surface area contributed by atoms with Crippen molar-refractivity contribution in [1.82, 2.24) is 5.32 Å². The Bertz CT molecular complexity index is 445. The van der Waals surface area contributed by atoms with E-state index in [4.69, 9.17) is 10.5 Å². The first kappa shape index (κ1) is 16.0. The maximum atomic E-state index is 11.5. The van der Waals surface area contributed by atoms with Crippen molar-refractivity contribution >= 4 is 17.5 Å². The standard InChI is InChI=1S/C14H21N3O3/c1-3-10(2)20-12-6-4-11(5-7-12)17-14(19)9-16-13(18)8-15/h4-7,10H,3,8-9,15H2,1-2H3,(H,16,18)(H,17,19). The molecule has 110 valence electrons. The van der Waals surface area contributed by atoms with Gasteiger partial charge >= 0.3 is 0 Å². The van der Waals surface area contributed by atoms with E-state index in [1.807, 2.05) is 6.92 Å². The Morgan fingerprint density at radius 1 is 1.25 bits per heavy atom. The third-order valence-corrected chi connectivity index (χ3v) is 2.68. The number of rotatable bonds is 7. The molecule has 0 aliphatic rings. The first-order chi connectivity index (χ1) is 9.55. The van der Waals surface area contributed by atoms with Crippen molar-refractivity contribution < 1.29 is 14.3 Å². The molecule has 0 aromatic heterocycles. The lowest BCUT2D eigenvalue weighted by atomic mass is 10.2. The Kier molecular flexibility index (Phi) is 6.52. The van der Waals surface area contributed by atoms with Crippen LogP contribution in [0.5, 0.6) is 5.75 Å². The summed E-state index contributed by atoms with van der Waals surface area (Å²) in [6.07, 6.45) is 1.08. The van der Waals surface area contributed by atoms with Crippen LogP contribution in [-0.2, 0) is 9.59 Å². The highest BCUT2D eigenvalue weighted by atomic mass is 16.5. The number of nitrogens with two attached hydrogens (primary N) is 1. The van der Waals surface area contributed by atoms with E-state index in [9.17, 15) is 9.59 Å². The van der Waals surface area contributed by atoms with E-state index < -0.39 is 0 Å². The molecule has 0 aliphatic heterocycles. The van der Waals surface area contributed by atoms with E-state index in [-0.39, 0.29) is 31.0 Å². The summed E-state index contributed by atoms with van der Waals surface area (Å²) in [5.74, 6) is 0.0913. The summed E-state index contributed by atoms with van der Waals surface area (Å²) in [7, 11) is 0. The molecule has 2 amide bonds. The predicted molar refractivity (Wildman–Crippen MR) is 77.5 cm³/mol. The number of carbonyl (C=O) groups is 2. The number of amides is 2. The SMILES string of the molecule is CCC(C)Oc1ccc(NC(=O)CNC(=O)CN)cc1. The summed E-state index contributed by atoms with van der Waals surface area (Å²) in [6, 6.07) is 7.08. The van der Waals surface area contributed by atoms with Crippen molar-refractivity contribution in [2.45, 2.75) is 26.4 Å². The minimum absolute atomic E-state index is 0.0961. The Hall–Kier alpha value is -2.08. The molecule has 0 bridgehead atoms. The monoisotopic (exact) mass is 279 g/mol. The molecule has 4 N–H and O–H groups in total. The van der Waals surface area contributed by atoms with Crippen LogP contribution >= 0.6 is 0 Å². The van der Waals surface area contributed by atoms with Crippen LogP contribution in [0.3, 0.4) is 0 Å². The highest BCUT2D eigenvalue weighted by Gasteiger charge is 2.05. The molecule has 1 atom stereocenters. The average Bonchev–Trinajstić information content (AvgIpc) is 2.46. The second-order valence-corrected chi connectivity index (χ2v) is 4.39. The van der Waals surface area contributed by atoms with Crippen LogP contribution < -0.4 is 21.1 Å². The van der Waals surface area contributed by atoms with Crippen LogP contribution in [0.25, 0.3) is 0 Å². The van der Waals surface area contributed by atoms with Crippen LogP contribution in [0.1, 0.15) is 20.3 Å². The van der Waals surface area contributed by atoms with Gasteiger partial charge in [-0.2, -0.15) is 0 Å². The van der Waals surface area contributed by atoms with E-state index in [0.29, 0.717) is 5.69 Å². The molecule has 1 aromatic carbocycles. The maximum absolute atomic E-state index is 11.5. The molecule has 1 aromatic rings. The van der Waals surface area contributed by atoms with E-state index in [1.165, 1.54) is 0 Å². The predicted octanol–water partition coefficient (Wildman–Crippen LogP) is 0.877. The third-order valence-electron chi connectivity index (χ3n) is 2.68. The summed E-state index contributed by atoms with van der Waals surface area (Å²) in [5.41, 5.74) is 5.77. The highest BCUT2D eigenvalue weighted by Crippen LogP contribution is 2.17. The Morgan fingerprint density at radius 2 is 1.90 bits per heavy atom. The van der Waals surface area contributed by atoms with Gasteiger partial charge in [-0.25, -0.2) is 0 Å². The van der Waals surface area contributed by atoms with Gasteiger partial charge in [0.05, 0.1) is 19.2 Å². The molecule has 0 radical (unpaired) electrons. The smallest absolute Gasteiger partial charge is 0.243 e. The van der Waals surface area contributed by atoms with Crippen molar-refractivity contribution in [1.29, 1.82) is 0 Å². The Labute approximate surface area is 118 Å². The lowest BCUT2D eigenvalue weighted by molar-refractivity contribution is -0.123. The quantitative estimate of drug-likeness (QED) is 0.690. The van der Waals surface area contributed by atoms with Gasteiger partial charge in [0.2, 0.25) is 11.8 Å². The second kappa shape index (κ2) is 8.16. The summed E-state index contributed by atoms with van der Waals surface area (Å²) < 4.78 is 5.63. The molecule has 0 fully saturated rings. The van der Waals surface area contributed by atoms with Gasteiger partial charge in [-0.15, -0.1) is 0 Å². The molecule has 0 aliphatic carbocycles. The minimum Gasteiger partial charge on any atom is -0.491 e. The van der Waals surface area contributed by atoms with E-state index >= 15 is 0 Å². The number of anilines is 1. The Morgan fingerprint density at radius 3 is 2.45 bits per heavy atom. The van der Waals surface area contributed by atoms with Crippen LogP contribution in [-0.4, -0.2) is 31.0 Å². The third kappa shape index (κ3) is 5.71. The largest absolute Gasteiger partial charge is 0.491 e. The van der Waals surface area contributed by atoms with Gasteiger partial charge in [-0.05, 0) is 37.6 Å². The molecule has 0 saturated heterocycles. The maximum Gasteiger partial charge on any atom is 0.243 e. The van der Waals surface area contributed by atoms with Crippen molar-refractivity contribution in [3.8, 4) is 5.75 Å². The molecular weight excluding hydrogens is 258 g/mol. The zero-order valence-electron chi connectivity index (χ0n) is 11.8. The van der Waals surface area contributed by atoms with Gasteiger partial charge < -0.3 is 21.1 Å². The minimum atomic E-state index is -0.363. The molecule has 0 heterocycles. The number of nitrogens with one attached hydrogen (secondary N) is 2. The van der Waals surface area contributed by atoms with Crippen molar-refractivity contribution in [3.63, 3.8) is 0 Å². The first-order valence-electron chi connectivity index (χ1n) is 6.58. The van der Waals surface area contributed by atoms with Gasteiger partial charge in [0.25, 0.3) is 0 Å².